The zero-order chi connectivity index (χ0) is 13.0. The number of esters is 1. The lowest BCUT2D eigenvalue weighted by Gasteiger charge is -2.06. The smallest absolute Gasteiger partial charge is 0.356 e. The van der Waals surface area contributed by atoms with Gasteiger partial charge in [0.25, 0.3) is 0 Å². The molecule has 0 spiro atoms. The number of carbonyl (C=O) groups excluding carboxylic acids is 1. The second-order valence-corrected chi connectivity index (χ2v) is 4.02. The molecule has 3 nitrogen and oxygen atoms in total. The van der Waals surface area contributed by atoms with Crippen LogP contribution < -0.4 is 0 Å². The van der Waals surface area contributed by atoms with Crippen LogP contribution in [0, 0.1) is 0 Å². The monoisotopic (exact) mass is 261 g/mol. The Bertz CT molecular complexity index is 555. The van der Waals surface area contributed by atoms with Crippen molar-refractivity contribution in [3.05, 3.63) is 53.2 Å². The molecule has 0 amide bonds. The summed E-state index contributed by atoms with van der Waals surface area (Å²) in [5.41, 5.74) is 1.72. The van der Waals surface area contributed by atoms with E-state index in [-0.39, 0.29) is 5.69 Å². The highest BCUT2D eigenvalue weighted by Gasteiger charge is 2.12. The van der Waals surface area contributed by atoms with Crippen LogP contribution in [0.2, 0.25) is 5.02 Å². The molecule has 0 N–H and O–H groups in total. The first-order valence-corrected chi connectivity index (χ1v) is 5.99. The number of rotatable bonds is 3. The maximum absolute atomic E-state index is 11.6. The SMILES string of the molecule is CCOC(=O)c1ccc(Cl)c(-c2ccccc2)n1. The Kier molecular flexibility index (Phi) is 3.95. The van der Waals surface area contributed by atoms with Crippen molar-refractivity contribution in [3.8, 4) is 11.3 Å². The lowest BCUT2D eigenvalue weighted by Crippen LogP contribution is -2.07. The minimum atomic E-state index is -0.439. The first kappa shape index (κ1) is 12.6. The zero-order valence-corrected chi connectivity index (χ0v) is 10.6. The quantitative estimate of drug-likeness (QED) is 0.793. The van der Waals surface area contributed by atoms with Gasteiger partial charge in [-0.2, -0.15) is 0 Å². The average Bonchev–Trinajstić information content (AvgIpc) is 2.40. The van der Waals surface area contributed by atoms with E-state index in [1.165, 1.54) is 0 Å². The standard InChI is InChI=1S/C14H12ClNO2/c1-2-18-14(17)12-9-8-11(15)13(16-12)10-6-4-3-5-7-10/h3-9H,2H2,1H3. The van der Waals surface area contributed by atoms with Crippen molar-refractivity contribution in [2.24, 2.45) is 0 Å². The number of pyridine rings is 1. The molecule has 0 aliphatic rings. The Labute approximate surface area is 110 Å². The molecular formula is C14H12ClNO2. The summed E-state index contributed by atoms with van der Waals surface area (Å²) in [5, 5.41) is 0.509. The van der Waals surface area contributed by atoms with E-state index >= 15 is 0 Å². The van der Waals surface area contributed by atoms with Crippen molar-refractivity contribution in [2.45, 2.75) is 6.92 Å². The highest BCUT2D eigenvalue weighted by molar-refractivity contribution is 6.33. The molecule has 1 aromatic carbocycles. The van der Waals surface area contributed by atoms with Crippen LogP contribution in [-0.2, 0) is 4.74 Å². The van der Waals surface area contributed by atoms with E-state index in [4.69, 9.17) is 16.3 Å². The van der Waals surface area contributed by atoms with Crippen LogP contribution in [0.5, 0.6) is 0 Å². The van der Waals surface area contributed by atoms with E-state index in [0.717, 1.165) is 5.56 Å². The summed E-state index contributed by atoms with van der Waals surface area (Å²) in [6.45, 7) is 2.08. The Morgan fingerprint density at radius 3 is 2.61 bits per heavy atom. The van der Waals surface area contributed by atoms with Crippen LogP contribution in [0.1, 0.15) is 17.4 Å². The van der Waals surface area contributed by atoms with Gasteiger partial charge in [-0.1, -0.05) is 41.9 Å². The molecule has 0 radical (unpaired) electrons. The van der Waals surface area contributed by atoms with Crippen LogP contribution >= 0.6 is 11.6 Å². The van der Waals surface area contributed by atoms with Gasteiger partial charge in [0, 0.05) is 5.56 Å². The Hall–Kier alpha value is -1.87. The molecule has 18 heavy (non-hydrogen) atoms. The van der Waals surface area contributed by atoms with Gasteiger partial charge in [0.15, 0.2) is 0 Å². The summed E-state index contributed by atoms with van der Waals surface area (Å²) < 4.78 is 4.91. The van der Waals surface area contributed by atoms with E-state index in [2.05, 4.69) is 4.98 Å². The average molecular weight is 262 g/mol. The highest BCUT2D eigenvalue weighted by Crippen LogP contribution is 2.25. The third-order valence-electron chi connectivity index (χ3n) is 2.38. The molecule has 0 saturated carbocycles. The number of ether oxygens (including phenoxy) is 1. The molecule has 0 saturated heterocycles. The summed E-state index contributed by atoms with van der Waals surface area (Å²) in [5.74, 6) is -0.439. The molecule has 0 aliphatic carbocycles. The third kappa shape index (κ3) is 2.68. The summed E-state index contributed by atoms with van der Waals surface area (Å²) in [6, 6.07) is 12.7. The Morgan fingerprint density at radius 1 is 1.22 bits per heavy atom. The highest BCUT2D eigenvalue weighted by atomic mass is 35.5. The fraction of sp³-hybridized carbons (Fsp3) is 0.143. The number of nitrogens with zero attached hydrogens (tertiary/aromatic N) is 1. The lowest BCUT2D eigenvalue weighted by molar-refractivity contribution is 0.0519. The van der Waals surface area contributed by atoms with Crippen molar-refractivity contribution < 1.29 is 9.53 Å². The third-order valence-corrected chi connectivity index (χ3v) is 2.68. The fourth-order valence-electron chi connectivity index (χ4n) is 1.56. The molecular weight excluding hydrogens is 250 g/mol. The predicted octanol–water partition coefficient (Wildman–Crippen LogP) is 3.58. The summed E-state index contributed by atoms with van der Waals surface area (Å²) in [4.78, 5) is 15.9. The molecule has 92 valence electrons. The van der Waals surface area contributed by atoms with Crippen LogP contribution in [0.3, 0.4) is 0 Å². The van der Waals surface area contributed by atoms with Crippen LogP contribution in [0.15, 0.2) is 42.5 Å². The minimum Gasteiger partial charge on any atom is -0.461 e. The molecule has 0 bridgehead atoms. The van der Waals surface area contributed by atoms with Crippen molar-refractivity contribution in [3.63, 3.8) is 0 Å². The van der Waals surface area contributed by atoms with Gasteiger partial charge in [0.2, 0.25) is 0 Å². The summed E-state index contributed by atoms with van der Waals surface area (Å²) >= 11 is 6.10. The number of aromatic nitrogens is 1. The molecule has 0 atom stereocenters. The van der Waals surface area contributed by atoms with Gasteiger partial charge in [-0.15, -0.1) is 0 Å². The van der Waals surface area contributed by atoms with E-state index < -0.39 is 5.97 Å². The predicted molar refractivity (Wildman–Crippen MR) is 70.6 cm³/mol. The van der Waals surface area contributed by atoms with E-state index in [1.54, 1.807) is 19.1 Å². The van der Waals surface area contributed by atoms with Gasteiger partial charge in [0.05, 0.1) is 17.3 Å². The summed E-state index contributed by atoms with van der Waals surface area (Å²) in [6.07, 6.45) is 0. The van der Waals surface area contributed by atoms with Gasteiger partial charge >= 0.3 is 5.97 Å². The molecule has 0 unspecified atom stereocenters. The van der Waals surface area contributed by atoms with E-state index in [0.29, 0.717) is 17.3 Å². The first-order chi connectivity index (χ1) is 8.72. The lowest BCUT2D eigenvalue weighted by atomic mass is 10.1. The molecule has 2 rings (SSSR count). The van der Waals surface area contributed by atoms with Crippen molar-refractivity contribution in [2.75, 3.05) is 6.61 Å². The maximum Gasteiger partial charge on any atom is 0.356 e. The fourth-order valence-corrected chi connectivity index (χ4v) is 1.77. The maximum atomic E-state index is 11.6. The van der Waals surface area contributed by atoms with Crippen molar-refractivity contribution >= 4 is 17.6 Å². The Morgan fingerprint density at radius 2 is 1.94 bits per heavy atom. The van der Waals surface area contributed by atoms with E-state index in [9.17, 15) is 4.79 Å². The topological polar surface area (TPSA) is 39.2 Å². The zero-order valence-electron chi connectivity index (χ0n) is 9.89. The molecule has 1 aromatic heterocycles. The summed E-state index contributed by atoms with van der Waals surface area (Å²) in [7, 11) is 0. The second kappa shape index (κ2) is 5.65. The van der Waals surface area contributed by atoms with Gasteiger partial charge in [-0.25, -0.2) is 9.78 Å². The number of hydrogen-bond donors (Lipinski definition) is 0. The second-order valence-electron chi connectivity index (χ2n) is 3.61. The van der Waals surface area contributed by atoms with Crippen molar-refractivity contribution in [1.82, 2.24) is 4.98 Å². The molecule has 4 heteroatoms. The number of halogens is 1. The molecule has 2 aromatic rings. The van der Waals surface area contributed by atoms with Crippen LogP contribution in [0.4, 0.5) is 0 Å². The largest absolute Gasteiger partial charge is 0.461 e. The molecule has 0 fully saturated rings. The van der Waals surface area contributed by atoms with Gasteiger partial charge < -0.3 is 4.74 Å². The van der Waals surface area contributed by atoms with Crippen LogP contribution in [0.25, 0.3) is 11.3 Å². The molecule has 0 aliphatic heterocycles. The van der Waals surface area contributed by atoms with Crippen LogP contribution in [-0.4, -0.2) is 17.6 Å². The normalized spacial score (nSPS) is 10.1. The number of hydrogen-bond acceptors (Lipinski definition) is 3. The van der Waals surface area contributed by atoms with Crippen molar-refractivity contribution in [1.29, 1.82) is 0 Å². The van der Waals surface area contributed by atoms with Gasteiger partial charge in [-0.3, -0.25) is 0 Å². The Balaban J connectivity index is 2.42. The van der Waals surface area contributed by atoms with E-state index in [1.807, 2.05) is 30.3 Å². The molecule has 1 heterocycles. The minimum absolute atomic E-state index is 0.264. The first-order valence-electron chi connectivity index (χ1n) is 5.61. The number of carbonyl (C=O) groups is 1. The van der Waals surface area contributed by atoms with Gasteiger partial charge in [-0.05, 0) is 19.1 Å². The number of benzene rings is 1. The van der Waals surface area contributed by atoms with Gasteiger partial charge in [0.1, 0.15) is 5.69 Å².